The van der Waals surface area contributed by atoms with Crippen molar-refractivity contribution >= 4 is 40.4 Å². The van der Waals surface area contributed by atoms with Crippen LogP contribution in [0.5, 0.6) is 5.75 Å². The molecule has 1 atom stereocenters. The van der Waals surface area contributed by atoms with Gasteiger partial charge in [-0.05, 0) is 56.5 Å². The molecule has 1 fully saturated rings. The van der Waals surface area contributed by atoms with E-state index in [1.807, 2.05) is 31.2 Å². The summed E-state index contributed by atoms with van der Waals surface area (Å²) in [4.78, 5) is 31.5. The minimum absolute atomic E-state index is 0.0359. The van der Waals surface area contributed by atoms with E-state index in [-0.39, 0.29) is 30.3 Å². The van der Waals surface area contributed by atoms with Gasteiger partial charge in [0.15, 0.2) is 11.3 Å². The molecule has 1 saturated carbocycles. The summed E-state index contributed by atoms with van der Waals surface area (Å²) in [7, 11) is 1.53. The Bertz CT molecular complexity index is 1170. The van der Waals surface area contributed by atoms with Crippen molar-refractivity contribution in [3.8, 4) is 5.75 Å². The van der Waals surface area contributed by atoms with E-state index in [4.69, 9.17) is 20.8 Å². The first-order valence-electron chi connectivity index (χ1n) is 11.2. The van der Waals surface area contributed by atoms with Crippen LogP contribution < -0.4 is 10.1 Å². The second-order valence-electron chi connectivity index (χ2n) is 8.54. The van der Waals surface area contributed by atoms with E-state index in [2.05, 4.69) is 10.3 Å². The monoisotopic (exact) mass is 469 g/mol. The van der Waals surface area contributed by atoms with Gasteiger partial charge in [0, 0.05) is 16.6 Å². The van der Waals surface area contributed by atoms with Crippen molar-refractivity contribution in [3.05, 3.63) is 52.5 Å². The summed E-state index contributed by atoms with van der Waals surface area (Å²) >= 11 is 6.11. The molecule has 1 aliphatic carbocycles. The Labute approximate surface area is 198 Å². The number of methoxy groups -OCH3 is 1. The fourth-order valence-electron chi connectivity index (χ4n) is 4.37. The minimum atomic E-state index is -0.192. The number of fused-ring (bicyclic) bond motifs is 1. The lowest BCUT2D eigenvalue weighted by Crippen LogP contribution is -2.41. The number of carbonyl (C=O) groups is 2. The highest BCUT2D eigenvalue weighted by Gasteiger charge is 2.29. The number of oxazole rings is 1. The predicted molar refractivity (Wildman–Crippen MR) is 128 cm³/mol. The zero-order valence-electron chi connectivity index (χ0n) is 19.1. The summed E-state index contributed by atoms with van der Waals surface area (Å²) in [6, 6.07) is 11.2. The lowest BCUT2D eigenvalue weighted by molar-refractivity contribution is -0.118. The quantitative estimate of drug-likeness (QED) is 0.459. The number of rotatable bonds is 8. The molecule has 0 saturated heterocycles. The van der Waals surface area contributed by atoms with Gasteiger partial charge in [-0.1, -0.05) is 36.6 Å². The fourth-order valence-corrected chi connectivity index (χ4v) is 4.57. The highest BCUT2D eigenvalue weighted by atomic mass is 35.5. The van der Waals surface area contributed by atoms with E-state index in [9.17, 15) is 9.59 Å². The summed E-state index contributed by atoms with van der Waals surface area (Å²) in [5.41, 5.74) is 2.38. The number of benzene rings is 2. The Morgan fingerprint density at radius 3 is 2.70 bits per heavy atom. The molecular weight excluding hydrogens is 442 g/mol. The highest BCUT2D eigenvalue weighted by molar-refractivity contribution is 6.30. The zero-order valence-corrected chi connectivity index (χ0v) is 19.8. The van der Waals surface area contributed by atoms with Gasteiger partial charge in [-0.2, -0.15) is 4.98 Å². The van der Waals surface area contributed by atoms with Crippen LogP contribution in [0.3, 0.4) is 0 Å². The van der Waals surface area contributed by atoms with Gasteiger partial charge in [0.05, 0.1) is 19.7 Å². The summed E-state index contributed by atoms with van der Waals surface area (Å²) in [6.07, 6.45) is 3.96. The van der Waals surface area contributed by atoms with Gasteiger partial charge in [-0.3, -0.25) is 9.59 Å². The van der Waals surface area contributed by atoms with Crippen molar-refractivity contribution in [2.24, 2.45) is 0 Å². The number of amides is 1. The van der Waals surface area contributed by atoms with E-state index in [1.54, 1.807) is 17.0 Å². The van der Waals surface area contributed by atoms with Crippen LogP contribution >= 0.6 is 11.6 Å². The van der Waals surface area contributed by atoms with Gasteiger partial charge in [0.1, 0.15) is 11.3 Å². The molecule has 1 aliphatic rings. The van der Waals surface area contributed by atoms with Crippen molar-refractivity contribution in [1.29, 1.82) is 0 Å². The molecule has 0 aliphatic heterocycles. The van der Waals surface area contributed by atoms with Crippen molar-refractivity contribution in [2.45, 2.75) is 51.6 Å². The molecule has 174 valence electrons. The maximum atomic E-state index is 13.4. The van der Waals surface area contributed by atoms with E-state index in [0.29, 0.717) is 33.4 Å². The Kier molecular flexibility index (Phi) is 6.88. The van der Waals surface area contributed by atoms with Crippen LogP contribution in [0.15, 0.2) is 40.8 Å². The number of ether oxygens (including phenoxy) is 1. The van der Waals surface area contributed by atoms with E-state index >= 15 is 0 Å². The lowest BCUT2D eigenvalue weighted by atomic mass is 10.1. The van der Waals surface area contributed by atoms with E-state index < -0.39 is 0 Å². The van der Waals surface area contributed by atoms with Crippen molar-refractivity contribution in [1.82, 2.24) is 9.88 Å². The van der Waals surface area contributed by atoms with Gasteiger partial charge >= 0.3 is 0 Å². The molecule has 0 bridgehead atoms. The third-order valence-corrected chi connectivity index (χ3v) is 6.27. The Morgan fingerprint density at radius 1 is 1.27 bits per heavy atom. The standard InChI is InChI=1S/C25H28ClN3O4/c1-15(30)14-29(20-9-4-5-10-20)24(31)18-12-21-23(22(13-18)32-3)33-25(28-21)27-16(2)17-7-6-8-19(26)11-17/h6-8,11-13,16,20H,4-5,9-10,14H2,1-3H3,(H,27,28). The number of nitrogens with one attached hydrogen (secondary N) is 1. The summed E-state index contributed by atoms with van der Waals surface area (Å²) < 4.78 is 11.4. The molecular formula is C25H28ClN3O4. The van der Waals surface area contributed by atoms with Crippen molar-refractivity contribution < 1.29 is 18.7 Å². The molecule has 1 heterocycles. The summed E-state index contributed by atoms with van der Waals surface area (Å²) in [5.74, 6) is 0.189. The van der Waals surface area contributed by atoms with Crippen molar-refractivity contribution in [3.63, 3.8) is 0 Å². The number of hydrogen-bond donors (Lipinski definition) is 1. The maximum Gasteiger partial charge on any atom is 0.296 e. The van der Waals surface area contributed by atoms with Crippen LogP contribution in [0.2, 0.25) is 5.02 Å². The van der Waals surface area contributed by atoms with Gasteiger partial charge in [-0.25, -0.2) is 0 Å². The van der Waals surface area contributed by atoms with Gasteiger partial charge in [-0.15, -0.1) is 0 Å². The molecule has 1 unspecified atom stereocenters. The normalized spacial score (nSPS) is 14.9. The third-order valence-electron chi connectivity index (χ3n) is 6.03. The average Bonchev–Trinajstić information content (AvgIpc) is 3.45. The number of Topliss-reactive ketones (excluding diaryl/α,β-unsaturated/α-hetero) is 1. The SMILES string of the molecule is COc1cc(C(=O)N(CC(C)=O)C2CCCC2)cc2nc(NC(C)c3cccc(Cl)c3)oc12. The molecule has 4 rings (SSSR count). The molecule has 1 amide bonds. The Morgan fingerprint density at radius 2 is 2.03 bits per heavy atom. The summed E-state index contributed by atoms with van der Waals surface area (Å²) in [5, 5.41) is 3.89. The number of halogens is 1. The number of anilines is 1. The van der Waals surface area contributed by atoms with Gasteiger partial charge in [0.2, 0.25) is 0 Å². The third kappa shape index (κ3) is 5.14. The van der Waals surface area contributed by atoms with Crippen LogP contribution in [0.25, 0.3) is 11.1 Å². The topological polar surface area (TPSA) is 84.7 Å². The van der Waals surface area contributed by atoms with Crippen LogP contribution in [-0.4, -0.2) is 41.3 Å². The van der Waals surface area contributed by atoms with E-state index in [1.165, 1.54) is 14.0 Å². The minimum Gasteiger partial charge on any atom is -0.493 e. The number of aromatic nitrogens is 1. The van der Waals surface area contributed by atoms with Crippen LogP contribution in [0.1, 0.15) is 61.5 Å². The van der Waals surface area contributed by atoms with Crippen molar-refractivity contribution in [2.75, 3.05) is 19.0 Å². The second-order valence-corrected chi connectivity index (χ2v) is 8.98. The molecule has 1 N–H and O–H groups in total. The number of nitrogens with zero attached hydrogens (tertiary/aromatic N) is 2. The fraction of sp³-hybridized carbons (Fsp3) is 0.400. The highest BCUT2D eigenvalue weighted by Crippen LogP contribution is 2.33. The molecule has 33 heavy (non-hydrogen) atoms. The van der Waals surface area contributed by atoms with Gasteiger partial charge in [0.25, 0.3) is 11.9 Å². The average molecular weight is 470 g/mol. The molecule has 0 radical (unpaired) electrons. The van der Waals surface area contributed by atoms with Gasteiger partial charge < -0.3 is 19.4 Å². The molecule has 0 spiro atoms. The van der Waals surface area contributed by atoms with Crippen LogP contribution in [0, 0.1) is 0 Å². The van der Waals surface area contributed by atoms with Crippen LogP contribution in [-0.2, 0) is 4.79 Å². The van der Waals surface area contributed by atoms with E-state index in [0.717, 1.165) is 31.2 Å². The largest absolute Gasteiger partial charge is 0.493 e. The number of carbonyl (C=O) groups excluding carboxylic acids is 2. The molecule has 7 nitrogen and oxygen atoms in total. The first kappa shape index (κ1) is 23.1. The van der Waals surface area contributed by atoms with Crippen LogP contribution in [0.4, 0.5) is 6.01 Å². The first-order valence-corrected chi connectivity index (χ1v) is 11.5. The first-order chi connectivity index (χ1) is 15.9. The Hall–Kier alpha value is -3.06. The molecule has 2 aromatic carbocycles. The molecule has 8 heteroatoms. The Balaban J connectivity index is 1.63. The number of ketones is 1. The predicted octanol–water partition coefficient (Wildman–Crippen LogP) is 5.64. The lowest BCUT2D eigenvalue weighted by Gasteiger charge is -2.28. The zero-order chi connectivity index (χ0) is 23.5. The maximum absolute atomic E-state index is 13.4. The second kappa shape index (κ2) is 9.83. The molecule has 1 aromatic heterocycles. The molecule has 3 aromatic rings. The summed E-state index contributed by atoms with van der Waals surface area (Å²) in [6.45, 7) is 3.59. The smallest absolute Gasteiger partial charge is 0.296 e. The number of hydrogen-bond acceptors (Lipinski definition) is 6.